The summed E-state index contributed by atoms with van der Waals surface area (Å²) in [6.45, 7) is 3.73. The molecule has 4 N–H and O–H groups in total. The molecule has 0 aliphatic rings. The lowest BCUT2D eigenvalue weighted by Crippen LogP contribution is -2.34. The first-order valence-corrected chi connectivity index (χ1v) is 6.34. The predicted octanol–water partition coefficient (Wildman–Crippen LogP) is 2.47. The molecular weight excluding hydrogens is 298 g/mol. The van der Waals surface area contributed by atoms with Gasteiger partial charge in [0.25, 0.3) is 0 Å². The van der Waals surface area contributed by atoms with E-state index in [1.807, 2.05) is 19.1 Å². The summed E-state index contributed by atoms with van der Waals surface area (Å²) < 4.78 is 0.827. The fourth-order valence-corrected chi connectivity index (χ4v) is 1.93. The number of carbonyl (C=O) groups excluding carboxylic acids is 1. The molecule has 6 heteroatoms. The van der Waals surface area contributed by atoms with Gasteiger partial charge in [-0.05, 0) is 40.9 Å². The Morgan fingerprint density at radius 2 is 2.28 bits per heavy atom. The molecule has 0 aliphatic heterocycles. The van der Waals surface area contributed by atoms with Crippen LogP contribution in [0.1, 0.15) is 18.9 Å². The molecule has 0 saturated heterocycles. The van der Waals surface area contributed by atoms with E-state index in [1.54, 1.807) is 13.0 Å². The fourth-order valence-electron chi connectivity index (χ4n) is 1.56. The number of hydrogen-bond acceptors (Lipinski definition) is 3. The summed E-state index contributed by atoms with van der Waals surface area (Å²) in [6.07, 6.45) is 0.463. The van der Waals surface area contributed by atoms with Crippen LogP contribution in [0.5, 0.6) is 0 Å². The summed E-state index contributed by atoms with van der Waals surface area (Å²) in [5.74, 6) is -1.01. The average Bonchev–Trinajstić information content (AvgIpc) is 2.35. The molecule has 0 bridgehead atoms. The second-order valence-electron chi connectivity index (χ2n) is 3.91. The lowest BCUT2D eigenvalue weighted by molar-refractivity contribution is -0.118. The number of rotatable bonds is 4. The molecule has 0 saturated carbocycles. The number of amidine groups is 1. The average molecular weight is 314 g/mol. The van der Waals surface area contributed by atoms with Gasteiger partial charge in [0.05, 0.1) is 11.6 Å². The van der Waals surface area contributed by atoms with Gasteiger partial charge in [-0.1, -0.05) is 24.2 Å². The molecule has 0 fully saturated rings. The molecule has 0 aliphatic carbocycles. The van der Waals surface area contributed by atoms with E-state index in [0.29, 0.717) is 12.1 Å². The van der Waals surface area contributed by atoms with Crippen molar-refractivity contribution in [2.75, 3.05) is 5.32 Å². The van der Waals surface area contributed by atoms with Crippen LogP contribution in [0.4, 0.5) is 5.69 Å². The number of oxime groups is 1. The number of aryl methyl sites for hydroxylation is 1. The molecule has 0 spiro atoms. The number of anilines is 1. The van der Waals surface area contributed by atoms with Gasteiger partial charge in [-0.25, -0.2) is 0 Å². The number of benzene rings is 1. The van der Waals surface area contributed by atoms with Crippen molar-refractivity contribution in [3.8, 4) is 0 Å². The molecule has 1 atom stereocenters. The third-order valence-electron chi connectivity index (χ3n) is 2.65. The highest BCUT2D eigenvalue weighted by atomic mass is 79.9. The minimum absolute atomic E-state index is 0.0845. The summed E-state index contributed by atoms with van der Waals surface area (Å²) >= 11 is 3.41. The Morgan fingerprint density at radius 1 is 1.61 bits per heavy atom. The van der Waals surface area contributed by atoms with Crippen molar-refractivity contribution in [2.45, 2.75) is 20.3 Å². The third kappa shape index (κ3) is 3.22. The lowest BCUT2D eigenvalue weighted by Gasteiger charge is -2.15. The van der Waals surface area contributed by atoms with Crippen molar-refractivity contribution in [1.29, 1.82) is 0 Å². The van der Waals surface area contributed by atoms with Crippen LogP contribution < -0.4 is 11.1 Å². The Morgan fingerprint density at radius 3 is 2.83 bits per heavy atom. The van der Waals surface area contributed by atoms with E-state index in [4.69, 9.17) is 10.9 Å². The van der Waals surface area contributed by atoms with Crippen LogP contribution in [-0.2, 0) is 4.79 Å². The van der Waals surface area contributed by atoms with Crippen molar-refractivity contribution < 1.29 is 10.0 Å². The van der Waals surface area contributed by atoms with E-state index in [9.17, 15) is 4.79 Å². The third-order valence-corrected chi connectivity index (χ3v) is 3.70. The molecular formula is C12H16BrN3O2. The van der Waals surface area contributed by atoms with Crippen molar-refractivity contribution in [3.63, 3.8) is 0 Å². The van der Waals surface area contributed by atoms with Crippen molar-refractivity contribution >= 4 is 33.4 Å². The molecule has 98 valence electrons. The minimum atomic E-state index is -0.637. The molecule has 1 aromatic rings. The number of halogens is 1. The Balaban J connectivity index is 2.90. The molecule has 1 amide bonds. The first-order chi connectivity index (χ1) is 8.51. The first kappa shape index (κ1) is 14.5. The zero-order valence-corrected chi connectivity index (χ0v) is 11.9. The predicted molar refractivity (Wildman–Crippen MR) is 74.7 cm³/mol. The van der Waals surface area contributed by atoms with Gasteiger partial charge in [-0.2, -0.15) is 0 Å². The highest BCUT2D eigenvalue weighted by molar-refractivity contribution is 9.10. The maximum Gasteiger partial charge on any atom is 0.235 e. The molecule has 5 nitrogen and oxygen atoms in total. The van der Waals surface area contributed by atoms with Gasteiger partial charge in [0.2, 0.25) is 5.91 Å². The van der Waals surface area contributed by atoms with Gasteiger partial charge >= 0.3 is 0 Å². The van der Waals surface area contributed by atoms with Crippen LogP contribution in [0, 0.1) is 12.8 Å². The molecule has 1 rings (SSSR count). The summed E-state index contributed by atoms with van der Waals surface area (Å²) in [5, 5.41) is 14.3. The number of nitrogens with one attached hydrogen (secondary N) is 1. The quantitative estimate of drug-likeness (QED) is 0.345. The standard InChI is InChI=1S/C12H16BrN3O2/c1-3-8(11(14)16-18)12(17)15-9-6-4-5-7(2)10(9)13/h4-6,8,18H,3H2,1-2H3,(H2,14,16)(H,15,17). The lowest BCUT2D eigenvalue weighted by atomic mass is 10.0. The van der Waals surface area contributed by atoms with E-state index in [-0.39, 0.29) is 11.7 Å². The van der Waals surface area contributed by atoms with Crippen LogP contribution >= 0.6 is 15.9 Å². The smallest absolute Gasteiger partial charge is 0.235 e. The maximum atomic E-state index is 12.0. The molecule has 1 aromatic carbocycles. The Bertz CT molecular complexity index is 474. The molecule has 18 heavy (non-hydrogen) atoms. The number of amides is 1. The maximum absolute atomic E-state index is 12.0. The van der Waals surface area contributed by atoms with E-state index in [1.165, 1.54) is 0 Å². The highest BCUT2D eigenvalue weighted by Crippen LogP contribution is 2.26. The largest absolute Gasteiger partial charge is 0.409 e. The van der Waals surface area contributed by atoms with Crippen LogP contribution in [0.25, 0.3) is 0 Å². The summed E-state index contributed by atoms with van der Waals surface area (Å²) in [6, 6.07) is 5.56. The van der Waals surface area contributed by atoms with Crippen molar-refractivity contribution in [3.05, 3.63) is 28.2 Å². The normalized spacial score (nSPS) is 13.2. The van der Waals surface area contributed by atoms with Gasteiger partial charge < -0.3 is 16.3 Å². The van der Waals surface area contributed by atoms with Crippen molar-refractivity contribution in [2.24, 2.45) is 16.8 Å². The summed E-state index contributed by atoms with van der Waals surface area (Å²) in [5.41, 5.74) is 7.17. The summed E-state index contributed by atoms with van der Waals surface area (Å²) in [4.78, 5) is 12.0. The van der Waals surface area contributed by atoms with Crippen LogP contribution in [0.15, 0.2) is 27.8 Å². The Labute approximate surface area is 114 Å². The topological polar surface area (TPSA) is 87.7 Å². The van der Waals surface area contributed by atoms with E-state index in [2.05, 4.69) is 26.4 Å². The molecule has 0 radical (unpaired) electrons. The number of nitrogens with zero attached hydrogens (tertiary/aromatic N) is 1. The number of carbonyl (C=O) groups is 1. The second kappa shape index (κ2) is 6.39. The molecule has 0 aromatic heterocycles. The Hall–Kier alpha value is -1.56. The van der Waals surface area contributed by atoms with E-state index in [0.717, 1.165) is 10.0 Å². The van der Waals surface area contributed by atoms with Crippen LogP contribution in [0.3, 0.4) is 0 Å². The zero-order chi connectivity index (χ0) is 13.7. The number of hydrogen-bond donors (Lipinski definition) is 3. The molecule has 1 unspecified atom stereocenters. The highest BCUT2D eigenvalue weighted by Gasteiger charge is 2.21. The minimum Gasteiger partial charge on any atom is -0.409 e. The van der Waals surface area contributed by atoms with Gasteiger partial charge in [0, 0.05) is 4.47 Å². The second-order valence-corrected chi connectivity index (χ2v) is 4.70. The van der Waals surface area contributed by atoms with Crippen molar-refractivity contribution in [1.82, 2.24) is 0 Å². The van der Waals surface area contributed by atoms with Crippen LogP contribution in [-0.4, -0.2) is 17.0 Å². The fraction of sp³-hybridized carbons (Fsp3) is 0.333. The monoisotopic (exact) mass is 313 g/mol. The number of nitrogens with two attached hydrogens (primary N) is 1. The van der Waals surface area contributed by atoms with Gasteiger partial charge in [-0.15, -0.1) is 0 Å². The van der Waals surface area contributed by atoms with E-state index < -0.39 is 5.92 Å². The first-order valence-electron chi connectivity index (χ1n) is 5.54. The van der Waals surface area contributed by atoms with Gasteiger partial charge in [0.1, 0.15) is 0 Å². The van der Waals surface area contributed by atoms with E-state index >= 15 is 0 Å². The molecule has 0 heterocycles. The van der Waals surface area contributed by atoms with Gasteiger partial charge in [-0.3, -0.25) is 4.79 Å². The van der Waals surface area contributed by atoms with Crippen LogP contribution in [0.2, 0.25) is 0 Å². The van der Waals surface area contributed by atoms with Gasteiger partial charge in [0.15, 0.2) is 5.84 Å². The SMILES string of the molecule is CCC(C(=O)Nc1cccc(C)c1Br)/C(N)=N/O. The summed E-state index contributed by atoms with van der Waals surface area (Å²) in [7, 11) is 0. The Kier molecular flexibility index (Phi) is 5.15. The zero-order valence-electron chi connectivity index (χ0n) is 10.3.